The van der Waals surface area contributed by atoms with Gasteiger partial charge in [-0.3, -0.25) is 9.58 Å². The molecule has 1 aliphatic heterocycles. The number of carbonyl (C=O) groups is 1. The first kappa shape index (κ1) is 16.0. The van der Waals surface area contributed by atoms with Crippen LogP contribution >= 0.6 is 0 Å². The molecule has 6 nitrogen and oxygen atoms in total. The summed E-state index contributed by atoms with van der Waals surface area (Å²) in [6.45, 7) is 9.16. The van der Waals surface area contributed by atoms with Crippen molar-refractivity contribution in [3.05, 3.63) is 29.5 Å². The highest BCUT2D eigenvalue weighted by atomic mass is 16.5. The number of benzene rings is 1. The minimum atomic E-state index is -0.904. The van der Waals surface area contributed by atoms with Gasteiger partial charge < -0.3 is 9.84 Å². The average molecular weight is 317 g/mol. The molecule has 1 aromatic heterocycles. The Morgan fingerprint density at radius 3 is 2.74 bits per heavy atom. The molecule has 1 fully saturated rings. The fourth-order valence-corrected chi connectivity index (χ4v) is 2.95. The molecule has 0 bridgehead atoms. The monoisotopic (exact) mass is 317 g/mol. The Morgan fingerprint density at radius 1 is 1.35 bits per heavy atom. The third-order valence-corrected chi connectivity index (χ3v) is 4.09. The van der Waals surface area contributed by atoms with Crippen LogP contribution in [0.2, 0.25) is 0 Å². The Balaban J connectivity index is 1.98. The van der Waals surface area contributed by atoms with Crippen LogP contribution in [0, 0.1) is 5.92 Å². The van der Waals surface area contributed by atoms with Crippen LogP contribution in [-0.4, -0.2) is 52.1 Å². The Morgan fingerprint density at radius 2 is 2.09 bits per heavy atom. The largest absolute Gasteiger partial charge is 0.478 e. The molecule has 0 spiro atoms. The summed E-state index contributed by atoms with van der Waals surface area (Å²) in [5, 5.41) is 15.0. The number of nitrogens with zero attached hydrogens (tertiary/aromatic N) is 3. The molecule has 6 heteroatoms. The van der Waals surface area contributed by atoms with Gasteiger partial charge in [-0.15, -0.1) is 0 Å². The maximum absolute atomic E-state index is 11.3. The first-order chi connectivity index (χ1) is 11.0. The molecule has 2 heterocycles. The number of carboxylic acid groups (broad SMARTS) is 1. The molecule has 124 valence electrons. The van der Waals surface area contributed by atoms with Gasteiger partial charge in [0.15, 0.2) is 0 Å². The zero-order chi connectivity index (χ0) is 16.4. The Kier molecular flexibility index (Phi) is 4.63. The Hall–Kier alpha value is -1.92. The highest BCUT2D eigenvalue weighted by Crippen LogP contribution is 2.23. The summed E-state index contributed by atoms with van der Waals surface area (Å²) in [5.74, 6) is -0.457. The van der Waals surface area contributed by atoms with Gasteiger partial charge in [0.25, 0.3) is 0 Å². The molecular weight excluding hydrogens is 294 g/mol. The van der Waals surface area contributed by atoms with Crippen molar-refractivity contribution < 1.29 is 14.6 Å². The van der Waals surface area contributed by atoms with Crippen LogP contribution in [0.3, 0.4) is 0 Å². The minimum Gasteiger partial charge on any atom is -0.478 e. The molecule has 3 rings (SSSR count). The Bertz CT molecular complexity index is 702. The van der Waals surface area contributed by atoms with E-state index in [0.717, 1.165) is 56.0 Å². The lowest BCUT2D eigenvalue weighted by molar-refractivity contribution is 0.0337. The maximum Gasteiger partial charge on any atom is 0.335 e. The van der Waals surface area contributed by atoms with E-state index in [4.69, 9.17) is 9.84 Å². The molecule has 0 saturated carbocycles. The van der Waals surface area contributed by atoms with E-state index in [9.17, 15) is 9.90 Å². The summed E-state index contributed by atoms with van der Waals surface area (Å²) in [4.78, 5) is 13.6. The van der Waals surface area contributed by atoms with Gasteiger partial charge in [-0.1, -0.05) is 19.9 Å². The number of hydrogen-bond acceptors (Lipinski definition) is 4. The number of morpholine rings is 1. The van der Waals surface area contributed by atoms with Crippen molar-refractivity contribution in [3.63, 3.8) is 0 Å². The number of aromatic nitrogens is 2. The van der Waals surface area contributed by atoms with Crippen molar-refractivity contribution in [1.29, 1.82) is 0 Å². The standard InChI is InChI=1S/C17H23N3O3/c1-12(2)10-20-16-9-13(17(21)22)3-4-14(16)15(18-20)11-19-5-7-23-8-6-19/h3-4,9,12H,5-8,10-11H2,1-2H3,(H,21,22). The SMILES string of the molecule is CC(C)Cn1nc(CN2CCOCC2)c2ccc(C(=O)O)cc21. The lowest BCUT2D eigenvalue weighted by Crippen LogP contribution is -2.35. The Labute approximate surface area is 135 Å². The van der Waals surface area contributed by atoms with Crippen molar-refractivity contribution >= 4 is 16.9 Å². The number of aromatic carboxylic acids is 1. The summed E-state index contributed by atoms with van der Waals surface area (Å²) in [6, 6.07) is 5.28. The van der Waals surface area contributed by atoms with Crippen molar-refractivity contribution in [1.82, 2.24) is 14.7 Å². The lowest BCUT2D eigenvalue weighted by atomic mass is 10.1. The fraction of sp³-hybridized carbons (Fsp3) is 0.529. The van der Waals surface area contributed by atoms with Crippen LogP contribution in [-0.2, 0) is 17.8 Å². The van der Waals surface area contributed by atoms with E-state index < -0.39 is 5.97 Å². The van der Waals surface area contributed by atoms with Gasteiger partial charge in [-0.25, -0.2) is 4.79 Å². The van der Waals surface area contributed by atoms with Crippen molar-refractivity contribution in [2.45, 2.75) is 26.9 Å². The van der Waals surface area contributed by atoms with Gasteiger partial charge >= 0.3 is 5.97 Å². The lowest BCUT2D eigenvalue weighted by Gasteiger charge is -2.25. The van der Waals surface area contributed by atoms with Gasteiger partial charge in [0.1, 0.15) is 0 Å². The smallest absolute Gasteiger partial charge is 0.335 e. The van der Waals surface area contributed by atoms with Gasteiger partial charge in [-0.05, 0) is 18.1 Å². The van der Waals surface area contributed by atoms with E-state index in [-0.39, 0.29) is 0 Å². The average Bonchev–Trinajstić information content (AvgIpc) is 2.85. The van der Waals surface area contributed by atoms with Gasteiger partial charge in [0, 0.05) is 31.6 Å². The number of rotatable bonds is 5. The normalized spacial score (nSPS) is 16.3. The summed E-state index contributed by atoms with van der Waals surface area (Å²) < 4.78 is 7.34. The van der Waals surface area contributed by atoms with Crippen molar-refractivity contribution in [2.75, 3.05) is 26.3 Å². The van der Waals surface area contributed by atoms with Crippen LogP contribution in [0.4, 0.5) is 0 Å². The van der Waals surface area contributed by atoms with Crippen molar-refractivity contribution in [3.8, 4) is 0 Å². The third kappa shape index (κ3) is 3.54. The summed E-state index contributed by atoms with van der Waals surface area (Å²) >= 11 is 0. The summed E-state index contributed by atoms with van der Waals surface area (Å²) in [7, 11) is 0. The van der Waals surface area contributed by atoms with E-state index in [1.807, 2.05) is 10.7 Å². The second-order valence-corrected chi connectivity index (χ2v) is 6.45. The highest BCUT2D eigenvalue weighted by Gasteiger charge is 2.18. The second kappa shape index (κ2) is 6.68. The molecule has 0 atom stereocenters. The zero-order valence-electron chi connectivity index (χ0n) is 13.7. The molecule has 0 radical (unpaired) electrons. The topological polar surface area (TPSA) is 67.6 Å². The first-order valence-corrected chi connectivity index (χ1v) is 8.07. The van der Waals surface area contributed by atoms with Gasteiger partial charge in [-0.2, -0.15) is 5.10 Å². The molecule has 23 heavy (non-hydrogen) atoms. The van der Waals surface area contributed by atoms with E-state index >= 15 is 0 Å². The molecule has 0 aliphatic carbocycles. The number of ether oxygens (including phenoxy) is 1. The summed E-state index contributed by atoms with van der Waals surface area (Å²) in [6.07, 6.45) is 0. The van der Waals surface area contributed by atoms with Crippen LogP contribution in [0.15, 0.2) is 18.2 Å². The van der Waals surface area contributed by atoms with Crippen LogP contribution < -0.4 is 0 Å². The minimum absolute atomic E-state index is 0.306. The quantitative estimate of drug-likeness (QED) is 0.916. The molecule has 0 amide bonds. The van der Waals surface area contributed by atoms with Crippen LogP contribution in [0.25, 0.3) is 10.9 Å². The molecule has 1 aromatic carbocycles. The van der Waals surface area contributed by atoms with E-state index in [2.05, 4.69) is 18.7 Å². The van der Waals surface area contributed by atoms with Gasteiger partial charge in [0.05, 0.1) is 30.0 Å². The fourth-order valence-electron chi connectivity index (χ4n) is 2.95. The van der Waals surface area contributed by atoms with Gasteiger partial charge in [0.2, 0.25) is 0 Å². The third-order valence-electron chi connectivity index (χ3n) is 4.09. The predicted octanol–water partition coefficient (Wildman–Crippen LogP) is 2.22. The molecule has 0 unspecified atom stereocenters. The highest BCUT2D eigenvalue weighted by molar-refractivity contribution is 5.94. The number of hydrogen-bond donors (Lipinski definition) is 1. The van der Waals surface area contributed by atoms with Crippen molar-refractivity contribution in [2.24, 2.45) is 5.92 Å². The second-order valence-electron chi connectivity index (χ2n) is 6.45. The molecule has 2 aromatic rings. The van der Waals surface area contributed by atoms with E-state index in [1.54, 1.807) is 12.1 Å². The van der Waals surface area contributed by atoms with Crippen LogP contribution in [0.5, 0.6) is 0 Å². The number of carboxylic acids is 1. The molecular formula is C17H23N3O3. The molecule has 1 N–H and O–H groups in total. The van der Waals surface area contributed by atoms with Crippen LogP contribution in [0.1, 0.15) is 29.9 Å². The maximum atomic E-state index is 11.3. The first-order valence-electron chi connectivity index (χ1n) is 8.07. The zero-order valence-corrected chi connectivity index (χ0v) is 13.7. The van der Waals surface area contributed by atoms with E-state index in [1.165, 1.54) is 0 Å². The predicted molar refractivity (Wildman–Crippen MR) is 87.6 cm³/mol. The molecule has 1 aliphatic rings. The number of fused-ring (bicyclic) bond motifs is 1. The van der Waals surface area contributed by atoms with E-state index in [0.29, 0.717) is 11.5 Å². The molecule has 1 saturated heterocycles. The summed E-state index contributed by atoms with van der Waals surface area (Å²) in [5.41, 5.74) is 2.22.